The van der Waals surface area contributed by atoms with Crippen molar-refractivity contribution in [2.75, 3.05) is 19.6 Å². The molecule has 1 heterocycles. The van der Waals surface area contributed by atoms with Gasteiger partial charge in [-0.05, 0) is 56.5 Å². The molecule has 1 fully saturated rings. The third-order valence-corrected chi connectivity index (χ3v) is 5.27. The standard InChI is InChI=1S/C14H18F4N2O2S.ClH/c15-12-4-3-11(14(16,17)18)8-13(12)23(21,22)20-7-5-10-2-1-6-19-9-10;/h3-4,8,10,19-20H,1-2,5-7,9H2;1H. The number of hydrogen-bond donors (Lipinski definition) is 2. The Hall–Kier alpha value is -0.900. The lowest BCUT2D eigenvalue weighted by molar-refractivity contribution is -0.137. The van der Waals surface area contributed by atoms with Crippen molar-refractivity contribution < 1.29 is 26.0 Å². The van der Waals surface area contributed by atoms with Gasteiger partial charge in [0.2, 0.25) is 10.0 Å². The summed E-state index contributed by atoms with van der Waals surface area (Å²) in [6.07, 6.45) is -2.22. The maximum atomic E-state index is 13.6. The normalized spacial score (nSPS) is 18.9. The topological polar surface area (TPSA) is 58.2 Å². The Kier molecular flexibility index (Phi) is 7.45. The monoisotopic (exact) mass is 390 g/mol. The maximum Gasteiger partial charge on any atom is 0.416 e. The fourth-order valence-electron chi connectivity index (χ4n) is 2.53. The van der Waals surface area contributed by atoms with Crippen molar-refractivity contribution in [3.8, 4) is 0 Å². The van der Waals surface area contributed by atoms with Crippen LogP contribution in [0.2, 0.25) is 0 Å². The van der Waals surface area contributed by atoms with E-state index in [-0.39, 0.29) is 19.0 Å². The Balaban J connectivity index is 0.00000288. The second kappa shape index (κ2) is 8.46. The van der Waals surface area contributed by atoms with E-state index in [2.05, 4.69) is 10.0 Å². The van der Waals surface area contributed by atoms with Crippen molar-refractivity contribution in [1.29, 1.82) is 0 Å². The highest BCUT2D eigenvalue weighted by Gasteiger charge is 2.33. The van der Waals surface area contributed by atoms with Gasteiger partial charge in [0.25, 0.3) is 0 Å². The second-order valence-corrected chi connectivity index (χ2v) is 7.28. The molecule has 0 amide bonds. The molecule has 1 aliphatic heterocycles. The zero-order valence-electron chi connectivity index (χ0n) is 12.7. The summed E-state index contributed by atoms with van der Waals surface area (Å²) in [7, 11) is -4.32. The van der Waals surface area contributed by atoms with E-state index in [1.807, 2.05) is 0 Å². The van der Waals surface area contributed by atoms with Crippen molar-refractivity contribution in [2.24, 2.45) is 5.92 Å². The highest BCUT2D eigenvalue weighted by molar-refractivity contribution is 7.89. The highest BCUT2D eigenvalue weighted by atomic mass is 35.5. The van der Waals surface area contributed by atoms with Crippen molar-refractivity contribution >= 4 is 22.4 Å². The first-order valence-electron chi connectivity index (χ1n) is 7.27. The van der Waals surface area contributed by atoms with Crippen LogP contribution in [-0.4, -0.2) is 28.1 Å². The van der Waals surface area contributed by atoms with Crippen LogP contribution in [-0.2, 0) is 16.2 Å². The second-order valence-electron chi connectivity index (χ2n) is 5.54. The fourth-order valence-corrected chi connectivity index (χ4v) is 3.68. The average Bonchev–Trinajstić information content (AvgIpc) is 2.47. The van der Waals surface area contributed by atoms with Gasteiger partial charge >= 0.3 is 6.18 Å². The van der Waals surface area contributed by atoms with Crippen LogP contribution in [0.25, 0.3) is 0 Å². The van der Waals surface area contributed by atoms with Gasteiger partial charge in [-0.25, -0.2) is 17.5 Å². The molecule has 138 valence electrons. The Morgan fingerprint density at radius 3 is 2.58 bits per heavy atom. The molecule has 0 aromatic heterocycles. The quantitative estimate of drug-likeness (QED) is 0.760. The minimum atomic E-state index is -4.73. The third kappa shape index (κ3) is 5.58. The van der Waals surface area contributed by atoms with E-state index in [4.69, 9.17) is 0 Å². The van der Waals surface area contributed by atoms with Crippen molar-refractivity contribution in [3.63, 3.8) is 0 Å². The number of hydrogen-bond acceptors (Lipinski definition) is 3. The van der Waals surface area contributed by atoms with Gasteiger partial charge in [-0.2, -0.15) is 13.2 Å². The van der Waals surface area contributed by atoms with Crippen molar-refractivity contribution in [3.05, 3.63) is 29.6 Å². The molecular formula is C14H19ClF4N2O2S. The SMILES string of the molecule is Cl.O=S(=O)(NCCC1CCCNC1)c1cc(C(F)(F)F)ccc1F. The molecule has 0 spiro atoms. The summed E-state index contributed by atoms with van der Waals surface area (Å²) in [6, 6.07) is 1.35. The summed E-state index contributed by atoms with van der Waals surface area (Å²) in [6.45, 7) is 1.77. The molecular weight excluding hydrogens is 372 g/mol. The number of alkyl halides is 3. The summed E-state index contributed by atoms with van der Waals surface area (Å²) in [5.74, 6) is -0.900. The molecule has 0 radical (unpaired) electrons. The first-order valence-corrected chi connectivity index (χ1v) is 8.75. The van der Waals surface area contributed by atoms with Gasteiger partial charge in [0.1, 0.15) is 10.7 Å². The minimum Gasteiger partial charge on any atom is -0.316 e. The Morgan fingerprint density at radius 1 is 1.29 bits per heavy atom. The van der Waals surface area contributed by atoms with Gasteiger partial charge in [-0.3, -0.25) is 0 Å². The van der Waals surface area contributed by atoms with Crippen LogP contribution >= 0.6 is 12.4 Å². The Labute approximate surface area is 144 Å². The Bertz CT molecular complexity index is 647. The molecule has 1 aliphatic rings. The van der Waals surface area contributed by atoms with Crippen LogP contribution in [0.4, 0.5) is 17.6 Å². The molecule has 2 rings (SSSR count). The maximum absolute atomic E-state index is 13.6. The molecule has 1 aromatic carbocycles. The number of sulfonamides is 1. The predicted molar refractivity (Wildman–Crippen MR) is 84.0 cm³/mol. The lowest BCUT2D eigenvalue weighted by atomic mass is 9.96. The van der Waals surface area contributed by atoms with Crippen molar-refractivity contribution in [1.82, 2.24) is 10.0 Å². The summed E-state index contributed by atoms with van der Waals surface area (Å²) >= 11 is 0. The van der Waals surface area contributed by atoms with E-state index < -0.39 is 32.5 Å². The molecule has 1 aromatic rings. The van der Waals surface area contributed by atoms with Crippen LogP contribution in [0.3, 0.4) is 0 Å². The molecule has 24 heavy (non-hydrogen) atoms. The molecule has 10 heteroatoms. The average molecular weight is 391 g/mol. The van der Waals surface area contributed by atoms with E-state index >= 15 is 0 Å². The van der Waals surface area contributed by atoms with E-state index in [0.29, 0.717) is 30.5 Å². The van der Waals surface area contributed by atoms with E-state index in [1.165, 1.54) is 0 Å². The van der Waals surface area contributed by atoms with Gasteiger partial charge in [-0.1, -0.05) is 0 Å². The van der Waals surface area contributed by atoms with Crippen LogP contribution in [0, 0.1) is 11.7 Å². The van der Waals surface area contributed by atoms with Gasteiger partial charge < -0.3 is 5.32 Å². The summed E-state index contributed by atoms with van der Waals surface area (Å²) < 4.78 is 77.8. The highest BCUT2D eigenvalue weighted by Crippen LogP contribution is 2.31. The largest absolute Gasteiger partial charge is 0.416 e. The fraction of sp³-hybridized carbons (Fsp3) is 0.571. The molecule has 1 unspecified atom stereocenters. The molecule has 0 aliphatic carbocycles. The molecule has 2 N–H and O–H groups in total. The first kappa shape index (κ1) is 21.1. The zero-order chi connectivity index (χ0) is 17.1. The Morgan fingerprint density at radius 2 is 2.00 bits per heavy atom. The van der Waals surface area contributed by atoms with Gasteiger partial charge in [-0.15, -0.1) is 12.4 Å². The number of nitrogens with one attached hydrogen (secondary N) is 2. The summed E-state index contributed by atoms with van der Waals surface area (Å²) in [5, 5.41) is 3.19. The van der Waals surface area contributed by atoms with Gasteiger partial charge in [0, 0.05) is 6.54 Å². The molecule has 1 saturated heterocycles. The molecule has 0 saturated carbocycles. The number of benzene rings is 1. The summed E-state index contributed by atoms with van der Waals surface area (Å²) in [5.41, 5.74) is -1.20. The van der Waals surface area contributed by atoms with E-state index in [0.717, 1.165) is 25.9 Å². The van der Waals surface area contributed by atoms with Crippen LogP contribution in [0.5, 0.6) is 0 Å². The molecule has 0 bridgehead atoms. The molecule has 1 atom stereocenters. The van der Waals surface area contributed by atoms with Gasteiger partial charge in [0.15, 0.2) is 0 Å². The van der Waals surface area contributed by atoms with Crippen LogP contribution in [0.1, 0.15) is 24.8 Å². The number of rotatable bonds is 5. The number of piperidine rings is 1. The zero-order valence-corrected chi connectivity index (χ0v) is 14.3. The first-order chi connectivity index (χ1) is 10.7. The van der Waals surface area contributed by atoms with Crippen LogP contribution in [0.15, 0.2) is 23.1 Å². The molecule has 4 nitrogen and oxygen atoms in total. The summed E-state index contributed by atoms with van der Waals surface area (Å²) in [4.78, 5) is -0.978. The van der Waals surface area contributed by atoms with E-state index in [1.54, 1.807) is 0 Å². The lowest BCUT2D eigenvalue weighted by Crippen LogP contribution is -2.33. The predicted octanol–water partition coefficient (Wildman–Crippen LogP) is 2.93. The number of halogens is 5. The van der Waals surface area contributed by atoms with Gasteiger partial charge in [0.05, 0.1) is 5.56 Å². The van der Waals surface area contributed by atoms with E-state index in [9.17, 15) is 26.0 Å². The lowest BCUT2D eigenvalue weighted by Gasteiger charge is -2.22. The van der Waals surface area contributed by atoms with Crippen LogP contribution < -0.4 is 10.0 Å². The minimum absolute atomic E-state index is 0. The van der Waals surface area contributed by atoms with Crippen molar-refractivity contribution in [2.45, 2.75) is 30.3 Å². The smallest absolute Gasteiger partial charge is 0.316 e. The third-order valence-electron chi connectivity index (χ3n) is 3.79.